The SMILES string of the molecule is CN(CC(=O)O[C@@H](Cc1c(Cl)c[n+]([O-])cc1Cl)c1ccc(OC(F)F)c(OCC2CC2)c1)Cc1ccc(N(CC(=O)OC(C)(C)C)S(=O)[O-])cc1. The van der Waals surface area contributed by atoms with Gasteiger partial charge in [0.25, 0.3) is 0 Å². The number of pyridine rings is 1. The van der Waals surface area contributed by atoms with Crippen molar-refractivity contribution in [1.82, 2.24) is 4.90 Å². The van der Waals surface area contributed by atoms with Gasteiger partial charge in [-0.2, -0.15) is 13.5 Å². The zero-order valence-corrected chi connectivity index (χ0v) is 30.6. The van der Waals surface area contributed by atoms with Gasteiger partial charge in [0.2, 0.25) is 0 Å². The van der Waals surface area contributed by atoms with Crippen LogP contribution in [0.5, 0.6) is 11.5 Å². The molecule has 1 aliphatic carbocycles. The van der Waals surface area contributed by atoms with Crippen LogP contribution >= 0.6 is 23.2 Å². The fourth-order valence-corrected chi connectivity index (χ4v) is 6.04. The number of esters is 2. The zero-order chi connectivity index (χ0) is 37.5. The first-order chi connectivity index (χ1) is 24.0. The minimum absolute atomic E-state index is 0.0347. The fraction of sp³-hybridized carbons (Fsp3) is 0.441. The Morgan fingerprint density at radius 1 is 1.02 bits per heavy atom. The van der Waals surface area contributed by atoms with Crippen LogP contribution in [0.4, 0.5) is 14.5 Å². The van der Waals surface area contributed by atoms with Crippen LogP contribution in [0.2, 0.25) is 10.0 Å². The van der Waals surface area contributed by atoms with Crippen molar-refractivity contribution in [3.8, 4) is 11.5 Å². The second-order valence-corrected chi connectivity index (χ2v) is 14.7. The molecule has 0 amide bonds. The molecule has 0 saturated heterocycles. The molecule has 1 unspecified atom stereocenters. The second kappa shape index (κ2) is 17.6. The molecule has 2 aromatic carbocycles. The molecule has 17 heteroatoms. The number of halogens is 4. The first-order valence-corrected chi connectivity index (χ1v) is 17.6. The van der Waals surface area contributed by atoms with Gasteiger partial charge in [-0.05, 0) is 82.0 Å². The maximum Gasteiger partial charge on any atom is 0.387 e. The van der Waals surface area contributed by atoms with Gasteiger partial charge in [0.1, 0.15) is 28.3 Å². The molecule has 1 heterocycles. The van der Waals surface area contributed by atoms with Gasteiger partial charge >= 0.3 is 18.6 Å². The summed E-state index contributed by atoms with van der Waals surface area (Å²) in [5.74, 6) is -1.18. The lowest BCUT2D eigenvalue weighted by Crippen LogP contribution is -2.36. The third kappa shape index (κ3) is 12.8. The van der Waals surface area contributed by atoms with Crippen LogP contribution in [0.3, 0.4) is 0 Å². The topological polar surface area (TPSA) is 145 Å². The van der Waals surface area contributed by atoms with E-state index in [0.717, 1.165) is 35.1 Å². The molecular formula is C34H38Cl2F2N3O9S-. The predicted molar refractivity (Wildman–Crippen MR) is 184 cm³/mol. The number of carbonyl (C=O) groups is 2. The Bertz CT molecular complexity index is 1690. The average Bonchev–Trinajstić information content (AvgIpc) is 3.84. The molecule has 1 saturated carbocycles. The molecule has 1 aliphatic rings. The van der Waals surface area contributed by atoms with Crippen LogP contribution in [-0.2, 0) is 43.3 Å². The van der Waals surface area contributed by atoms with Crippen molar-refractivity contribution >= 4 is 52.1 Å². The summed E-state index contributed by atoms with van der Waals surface area (Å²) in [5.41, 5.74) is 0.888. The Morgan fingerprint density at radius 2 is 1.67 bits per heavy atom. The highest BCUT2D eigenvalue weighted by Crippen LogP contribution is 2.38. The Hall–Kier alpha value is -3.76. The van der Waals surface area contributed by atoms with E-state index >= 15 is 0 Å². The number of hydrogen-bond donors (Lipinski definition) is 0. The van der Waals surface area contributed by atoms with E-state index in [1.165, 1.54) is 30.3 Å². The van der Waals surface area contributed by atoms with Crippen LogP contribution < -0.4 is 18.5 Å². The molecule has 0 spiro atoms. The summed E-state index contributed by atoms with van der Waals surface area (Å²) in [6.45, 7) is 1.79. The number of nitrogens with zero attached hydrogens (tertiary/aromatic N) is 3. The van der Waals surface area contributed by atoms with Gasteiger partial charge in [-0.25, -0.2) is 0 Å². The summed E-state index contributed by atoms with van der Waals surface area (Å²) < 4.78 is 73.0. The molecule has 0 radical (unpaired) electrons. The quantitative estimate of drug-likeness (QED) is 0.0702. The lowest BCUT2D eigenvalue weighted by atomic mass is 10.0. The van der Waals surface area contributed by atoms with Gasteiger partial charge in [-0.15, -0.1) is 0 Å². The third-order valence-electron chi connectivity index (χ3n) is 7.40. The number of hydrogen-bond acceptors (Lipinski definition) is 10. The molecule has 4 rings (SSSR count). The average molecular weight is 774 g/mol. The maximum absolute atomic E-state index is 13.3. The van der Waals surface area contributed by atoms with Gasteiger partial charge < -0.3 is 28.7 Å². The summed E-state index contributed by atoms with van der Waals surface area (Å²) in [6, 6.07) is 10.6. The number of carbonyl (C=O) groups excluding carboxylic acids is 2. The summed E-state index contributed by atoms with van der Waals surface area (Å²) in [6.07, 6.45) is 3.04. The number of likely N-dealkylation sites (N-methyl/N-ethyl adjacent to an activating group) is 1. The standard InChI is InChI=1S/C34H39Cl2F2N3O9S/c1-34(2,3)50-32(43)19-41(51(45)46)24-10-7-21(8-11-24)15-39(4)18-31(42)48-29(14-25-26(35)16-40(44)17-27(25)36)23-9-12-28(49-33(37)38)30(13-23)47-20-22-5-6-22/h7-13,16-17,22,29,33H,5-6,14-15,18-20H2,1-4H3,(H,45,46)/p-1/t29-/m0/s1. The number of ether oxygens (including phenoxy) is 4. The molecule has 51 heavy (non-hydrogen) atoms. The normalized spacial score (nSPS) is 14.3. The second-order valence-electron chi connectivity index (χ2n) is 13.0. The predicted octanol–water partition coefficient (Wildman–Crippen LogP) is 5.92. The van der Waals surface area contributed by atoms with Gasteiger partial charge in [-0.1, -0.05) is 41.4 Å². The lowest BCUT2D eigenvalue weighted by molar-refractivity contribution is -0.605. The summed E-state index contributed by atoms with van der Waals surface area (Å²) in [7, 11) is 1.67. The van der Waals surface area contributed by atoms with E-state index in [1.807, 2.05) is 0 Å². The molecule has 12 nitrogen and oxygen atoms in total. The van der Waals surface area contributed by atoms with Crippen LogP contribution in [0.1, 0.15) is 56.4 Å². The third-order valence-corrected chi connectivity index (χ3v) is 8.75. The Morgan fingerprint density at radius 3 is 2.24 bits per heavy atom. The minimum Gasteiger partial charge on any atom is -0.755 e. The number of aromatic nitrogens is 1. The Kier molecular flexibility index (Phi) is 13.8. The number of anilines is 1. The van der Waals surface area contributed by atoms with Gasteiger partial charge in [-0.3, -0.25) is 23.0 Å². The van der Waals surface area contributed by atoms with Crippen molar-refractivity contribution in [3.63, 3.8) is 0 Å². The summed E-state index contributed by atoms with van der Waals surface area (Å²) in [4.78, 5) is 27.2. The largest absolute Gasteiger partial charge is 0.755 e. The van der Waals surface area contributed by atoms with Gasteiger partial charge in [0.05, 0.1) is 13.2 Å². The molecule has 1 fully saturated rings. The molecule has 0 aliphatic heterocycles. The highest BCUT2D eigenvalue weighted by atomic mass is 35.5. The van der Waals surface area contributed by atoms with Crippen molar-refractivity contribution in [2.75, 3.05) is 31.0 Å². The summed E-state index contributed by atoms with van der Waals surface area (Å²) >= 11 is 9.93. The monoisotopic (exact) mass is 772 g/mol. The van der Waals surface area contributed by atoms with Crippen LogP contribution in [0.25, 0.3) is 0 Å². The highest BCUT2D eigenvalue weighted by Gasteiger charge is 2.27. The van der Waals surface area contributed by atoms with Gasteiger partial charge in [0.15, 0.2) is 23.9 Å². The molecule has 1 aromatic heterocycles. The minimum atomic E-state index is -3.09. The summed E-state index contributed by atoms with van der Waals surface area (Å²) in [5, 5.41) is 11.9. The van der Waals surface area contributed by atoms with E-state index in [2.05, 4.69) is 4.74 Å². The van der Waals surface area contributed by atoms with E-state index < -0.39 is 48.1 Å². The first kappa shape index (κ1) is 40.0. The number of alkyl halides is 2. The first-order valence-electron chi connectivity index (χ1n) is 15.8. The van der Waals surface area contributed by atoms with Gasteiger partial charge in [0, 0.05) is 35.5 Å². The van der Waals surface area contributed by atoms with Crippen LogP contribution in [0, 0.1) is 11.1 Å². The molecule has 0 N–H and O–H groups in total. The molecule has 3 aromatic rings. The molecule has 2 atom stereocenters. The van der Waals surface area contributed by atoms with Crippen LogP contribution in [0.15, 0.2) is 54.9 Å². The van der Waals surface area contributed by atoms with E-state index in [-0.39, 0.29) is 46.7 Å². The van der Waals surface area contributed by atoms with E-state index in [9.17, 15) is 32.3 Å². The Balaban J connectivity index is 1.48. The van der Waals surface area contributed by atoms with Crippen molar-refractivity contribution in [2.24, 2.45) is 5.92 Å². The zero-order valence-electron chi connectivity index (χ0n) is 28.3. The van der Waals surface area contributed by atoms with Crippen molar-refractivity contribution in [1.29, 1.82) is 0 Å². The van der Waals surface area contributed by atoms with E-state index in [4.69, 9.17) is 37.4 Å². The highest BCUT2D eigenvalue weighted by molar-refractivity contribution is 7.80. The fourth-order valence-electron chi connectivity index (χ4n) is 4.93. The van der Waals surface area contributed by atoms with Crippen molar-refractivity contribution < 1.29 is 50.8 Å². The molecule has 278 valence electrons. The smallest absolute Gasteiger partial charge is 0.387 e. The van der Waals surface area contributed by atoms with E-state index in [1.54, 1.807) is 44.9 Å². The Labute approximate surface area is 307 Å². The maximum atomic E-state index is 13.3. The van der Waals surface area contributed by atoms with E-state index in [0.29, 0.717) is 28.4 Å². The van der Waals surface area contributed by atoms with Crippen molar-refractivity contribution in [2.45, 2.75) is 64.9 Å². The van der Waals surface area contributed by atoms with Crippen LogP contribution in [-0.4, -0.2) is 64.6 Å². The molecule has 0 bridgehead atoms. The number of rotatable bonds is 17. The van der Waals surface area contributed by atoms with Crippen molar-refractivity contribution in [3.05, 3.63) is 86.8 Å². The number of benzene rings is 2. The lowest BCUT2D eigenvalue weighted by Gasteiger charge is -2.28. The molecular weight excluding hydrogens is 735 g/mol.